The minimum absolute atomic E-state index is 0.0708. The van der Waals surface area contributed by atoms with Crippen molar-refractivity contribution >= 4 is 40.7 Å². The summed E-state index contributed by atoms with van der Waals surface area (Å²) in [6.45, 7) is 3.30. The van der Waals surface area contributed by atoms with Crippen LogP contribution in [-0.2, 0) is 9.59 Å². The van der Waals surface area contributed by atoms with Crippen molar-refractivity contribution in [1.82, 2.24) is 20.0 Å². The first-order valence-electron chi connectivity index (χ1n) is 12.1. The number of amides is 2. The number of likely N-dealkylation sites (tertiary alicyclic amines) is 1. The molecular weight excluding hydrogens is 506 g/mol. The van der Waals surface area contributed by atoms with E-state index in [1.807, 2.05) is 48.2 Å². The standard InChI is InChI=1S/C27H27N5O3S2/c1-18-25(26(31-35-18)19-7-3-2-4-8-19)21-15-37-27(29-21)20-10-13-32(14-11-20)24(34)17-36-16-23(33)30-22-9-5-6-12-28-22/h2-9,12,15,20H,10-11,13-14,16-17H2,1H3,(H,28,30,33). The van der Waals surface area contributed by atoms with Crippen LogP contribution in [0, 0.1) is 6.92 Å². The summed E-state index contributed by atoms with van der Waals surface area (Å²) in [5.41, 5.74) is 3.63. The van der Waals surface area contributed by atoms with Crippen molar-refractivity contribution in [2.75, 3.05) is 29.9 Å². The minimum atomic E-state index is -0.159. The summed E-state index contributed by atoms with van der Waals surface area (Å²) in [4.78, 5) is 35.7. The summed E-state index contributed by atoms with van der Waals surface area (Å²) in [6, 6.07) is 15.3. The molecule has 8 nitrogen and oxygen atoms in total. The number of rotatable bonds is 8. The molecule has 4 aromatic rings. The highest BCUT2D eigenvalue weighted by molar-refractivity contribution is 8.00. The van der Waals surface area contributed by atoms with Gasteiger partial charge in [-0.25, -0.2) is 9.97 Å². The van der Waals surface area contributed by atoms with Gasteiger partial charge in [-0.15, -0.1) is 23.1 Å². The third-order valence-electron chi connectivity index (χ3n) is 6.28. The Bertz CT molecular complexity index is 1350. The fourth-order valence-electron chi connectivity index (χ4n) is 4.37. The maximum absolute atomic E-state index is 12.7. The smallest absolute Gasteiger partial charge is 0.235 e. The van der Waals surface area contributed by atoms with Crippen LogP contribution in [0.25, 0.3) is 22.5 Å². The molecule has 1 N–H and O–H groups in total. The van der Waals surface area contributed by atoms with Crippen molar-refractivity contribution in [3.8, 4) is 22.5 Å². The first kappa shape index (κ1) is 25.2. The molecular formula is C27H27N5O3S2. The van der Waals surface area contributed by atoms with E-state index in [9.17, 15) is 9.59 Å². The van der Waals surface area contributed by atoms with E-state index in [1.165, 1.54) is 11.8 Å². The van der Waals surface area contributed by atoms with Gasteiger partial charge in [0.15, 0.2) is 0 Å². The van der Waals surface area contributed by atoms with E-state index < -0.39 is 0 Å². The number of nitrogens with zero attached hydrogens (tertiary/aromatic N) is 4. The van der Waals surface area contributed by atoms with Gasteiger partial charge in [-0.3, -0.25) is 9.59 Å². The summed E-state index contributed by atoms with van der Waals surface area (Å²) in [6.07, 6.45) is 3.37. The molecule has 5 rings (SSSR count). The molecule has 1 aromatic carbocycles. The predicted octanol–water partition coefficient (Wildman–Crippen LogP) is 5.25. The summed E-state index contributed by atoms with van der Waals surface area (Å²) in [5.74, 6) is 2.00. The van der Waals surface area contributed by atoms with E-state index in [-0.39, 0.29) is 23.3 Å². The lowest BCUT2D eigenvalue weighted by Gasteiger charge is -2.31. The van der Waals surface area contributed by atoms with E-state index in [0.717, 1.165) is 46.1 Å². The average molecular weight is 534 g/mol. The Labute approximate surface area is 223 Å². The molecule has 4 heterocycles. The van der Waals surface area contributed by atoms with Crippen LogP contribution in [0.3, 0.4) is 0 Å². The number of anilines is 1. The first-order valence-corrected chi connectivity index (χ1v) is 14.2. The first-order chi connectivity index (χ1) is 18.1. The topological polar surface area (TPSA) is 101 Å². The molecule has 10 heteroatoms. The van der Waals surface area contributed by atoms with E-state index >= 15 is 0 Å². The van der Waals surface area contributed by atoms with Gasteiger partial charge in [-0.05, 0) is 31.9 Å². The summed E-state index contributed by atoms with van der Waals surface area (Å²) < 4.78 is 5.52. The van der Waals surface area contributed by atoms with Crippen LogP contribution in [0.5, 0.6) is 0 Å². The second-order valence-electron chi connectivity index (χ2n) is 8.81. The van der Waals surface area contributed by atoms with E-state index in [1.54, 1.807) is 29.7 Å². The second kappa shape index (κ2) is 11.7. The Balaban J connectivity index is 1.12. The summed E-state index contributed by atoms with van der Waals surface area (Å²) in [5, 5.41) is 10.2. The lowest BCUT2D eigenvalue weighted by atomic mass is 9.97. The number of thioether (sulfide) groups is 1. The Kier molecular flexibility index (Phi) is 7.96. The number of hydrogen-bond acceptors (Lipinski definition) is 8. The van der Waals surface area contributed by atoms with Crippen molar-refractivity contribution in [3.05, 3.63) is 70.9 Å². The summed E-state index contributed by atoms with van der Waals surface area (Å²) >= 11 is 2.98. The maximum atomic E-state index is 12.7. The number of piperidine rings is 1. The van der Waals surface area contributed by atoms with Gasteiger partial charge in [0.1, 0.15) is 17.3 Å². The number of carbonyl (C=O) groups excluding carboxylic acids is 2. The Hall–Kier alpha value is -3.50. The molecule has 0 saturated carbocycles. The van der Waals surface area contributed by atoms with Crippen LogP contribution >= 0.6 is 23.1 Å². The highest BCUT2D eigenvalue weighted by Crippen LogP contribution is 2.38. The van der Waals surface area contributed by atoms with Crippen molar-refractivity contribution in [2.45, 2.75) is 25.7 Å². The number of carbonyl (C=O) groups is 2. The molecule has 1 fully saturated rings. The normalized spacial score (nSPS) is 14.0. The van der Waals surface area contributed by atoms with Gasteiger partial charge in [0.25, 0.3) is 0 Å². The minimum Gasteiger partial charge on any atom is -0.360 e. The number of benzene rings is 1. The van der Waals surface area contributed by atoms with Crippen LogP contribution in [0.4, 0.5) is 5.82 Å². The second-order valence-corrected chi connectivity index (χ2v) is 10.7. The molecule has 0 radical (unpaired) electrons. The van der Waals surface area contributed by atoms with Crippen molar-refractivity contribution < 1.29 is 14.1 Å². The van der Waals surface area contributed by atoms with Gasteiger partial charge in [-0.1, -0.05) is 41.6 Å². The van der Waals surface area contributed by atoms with Gasteiger partial charge in [0.05, 0.1) is 27.8 Å². The highest BCUT2D eigenvalue weighted by Gasteiger charge is 2.27. The van der Waals surface area contributed by atoms with Gasteiger partial charge >= 0.3 is 0 Å². The molecule has 2 amide bonds. The van der Waals surface area contributed by atoms with Gasteiger partial charge in [0, 0.05) is 36.1 Å². The van der Waals surface area contributed by atoms with Crippen molar-refractivity contribution in [2.24, 2.45) is 0 Å². The van der Waals surface area contributed by atoms with Crippen molar-refractivity contribution in [3.63, 3.8) is 0 Å². The molecule has 0 aliphatic carbocycles. The molecule has 3 aromatic heterocycles. The van der Waals surface area contributed by atoms with Crippen LogP contribution < -0.4 is 5.32 Å². The molecule has 0 bridgehead atoms. The van der Waals surface area contributed by atoms with Gasteiger partial charge in [-0.2, -0.15) is 0 Å². The monoisotopic (exact) mass is 533 g/mol. The fourth-order valence-corrected chi connectivity index (χ4v) is 6.07. The largest absolute Gasteiger partial charge is 0.360 e. The molecule has 1 saturated heterocycles. The lowest BCUT2D eigenvalue weighted by Crippen LogP contribution is -2.39. The molecule has 0 unspecified atom stereocenters. The van der Waals surface area contributed by atoms with Gasteiger partial charge < -0.3 is 14.7 Å². The van der Waals surface area contributed by atoms with Crippen LogP contribution in [0.1, 0.15) is 29.5 Å². The molecule has 0 spiro atoms. The lowest BCUT2D eigenvalue weighted by molar-refractivity contribution is -0.129. The van der Waals surface area contributed by atoms with E-state index in [4.69, 9.17) is 9.51 Å². The average Bonchev–Trinajstić information content (AvgIpc) is 3.56. The van der Waals surface area contributed by atoms with Crippen LogP contribution in [0.2, 0.25) is 0 Å². The number of hydrogen-bond donors (Lipinski definition) is 1. The number of pyridine rings is 1. The predicted molar refractivity (Wildman–Crippen MR) is 147 cm³/mol. The summed E-state index contributed by atoms with van der Waals surface area (Å²) in [7, 11) is 0. The third kappa shape index (κ3) is 6.08. The van der Waals surface area contributed by atoms with E-state index in [0.29, 0.717) is 24.8 Å². The zero-order chi connectivity index (χ0) is 25.6. The molecule has 190 valence electrons. The quantitative estimate of drug-likeness (QED) is 0.330. The molecule has 37 heavy (non-hydrogen) atoms. The Morgan fingerprint density at radius 3 is 2.65 bits per heavy atom. The Morgan fingerprint density at radius 1 is 1.11 bits per heavy atom. The number of thiazole rings is 1. The molecule has 1 aliphatic heterocycles. The zero-order valence-electron chi connectivity index (χ0n) is 20.4. The molecule has 1 aliphatic rings. The van der Waals surface area contributed by atoms with Crippen LogP contribution in [-0.4, -0.2) is 56.4 Å². The third-order valence-corrected chi connectivity index (χ3v) is 8.20. The van der Waals surface area contributed by atoms with E-state index in [2.05, 4.69) is 20.8 Å². The molecule has 0 atom stereocenters. The number of aryl methyl sites for hydroxylation is 1. The van der Waals surface area contributed by atoms with Crippen LogP contribution in [0.15, 0.2) is 64.6 Å². The Morgan fingerprint density at radius 2 is 1.89 bits per heavy atom. The maximum Gasteiger partial charge on any atom is 0.235 e. The fraction of sp³-hybridized carbons (Fsp3) is 0.296. The SMILES string of the molecule is Cc1onc(-c2ccccc2)c1-c1csc(C2CCN(C(=O)CSCC(=O)Nc3ccccn3)CC2)n1. The van der Waals surface area contributed by atoms with Crippen molar-refractivity contribution in [1.29, 1.82) is 0 Å². The van der Waals surface area contributed by atoms with Gasteiger partial charge in [0.2, 0.25) is 11.8 Å². The zero-order valence-corrected chi connectivity index (χ0v) is 22.1. The number of aromatic nitrogens is 3. The number of nitrogens with one attached hydrogen (secondary N) is 1. The highest BCUT2D eigenvalue weighted by atomic mass is 32.2.